The predicted octanol–water partition coefficient (Wildman–Crippen LogP) is 0.799. The van der Waals surface area contributed by atoms with Crippen molar-refractivity contribution in [1.29, 1.82) is 0 Å². The molecule has 0 bridgehead atoms. The van der Waals surface area contributed by atoms with Gasteiger partial charge < -0.3 is 16.4 Å². The highest BCUT2D eigenvalue weighted by Crippen LogP contribution is 2.17. The van der Waals surface area contributed by atoms with Gasteiger partial charge in [0.25, 0.3) is 0 Å². The normalized spacial score (nSPS) is 10.9. The lowest BCUT2D eigenvalue weighted by atomic mass is 10.1. The van der Waals surface area contributed by atoms with Crippen molar-refractivity contribution in [2.45, 2.75) is 19.4 Å². The van der Waals surface area contributed by atoms with Crippen LogP contribution in [0.2, 0.25) is 0 Å². The Morgan fingerprint density at radius 2 is 2.00 bits per heavy atom. The van der Waals surface area contributed by atoms with E-state index in [4.69, 9.17) is 5.73 Å². The van der Waals surface area contributed by atoms with Crippen LogP contribution in [0.15, 0.2) is 18.5 Å². The van der Waals surface area contributed by atoms with Gasteiger partial charge in [0.05, 0.1) is 23.8 Å². The summed E-state index contributed by atoms with van der Waals surface area (Å²) in [4.78, 5) is 15.1. The van der Waals surface area contributed by atoms with Crippen LogP contribution in [0.5, 0.6) is 0 Å². The average molecular weight is 208 g/mol. The molecule has 0 unspecified atom stereocenters. The molecule has 82 valence electrons. The summed E-state index contributed by atoms with van der Waals surface area (Å²) in [6.45, 7) is 3.45. The third-order valence-electron chi connectivity index (χ3n) is 2.10. The first-order valence-electron chi connectivity index (χ1n) is 4.66. The molecule has 1 rings (SSSR count). The van der Waals surface area contributed by atoms with E-state index in [1.807, 2.05) is 6.07 Å². The average Bonchev–Trinajstić information content (AvgIpc) is 2.17. The molecule has 1 aromatic rings. The first kappa shape index (κ1) is 11.3. The standard InChI is InChI=1S/C10H16N4O/c1-10(2,9(11)15)14-8-4-7(12-3)5-13-6-8/h4-6,12,14H,1-3H3,(H2,11,15). The van der Waals surface area contributed by atoms with Gasteiger partial charge in [-0.25, -0.2) is 0 Å². The van der Waals surface area contributed by atoms with Crippen LogP contribution in [0.25, 0.3) is 0 Å². The molecule has 1 aromatic heterocycles. The van der Waals surface area contributed by atoms with E-state index in [9.17, 15) is 4.79 Å². The lowest BCUT2D eigenvalue weighted by Crippen LogP contribution is -2.45. The van der Waals surface area contributed by atoms with Crippen LogP contribution in [-0.4, -0.2) is 23.5 Å². The molecule has 5 heteroatoms. The maximum atomic E-state index is 11.1. The molecule has 4 N–H and O–H groups in total. The second-order valence-corrected chi connectivity index (χ2v) is 3.83. The highest BCUT2D eigenvalue weighted by molar-refractivity contribution is 5.87. The fraction of sp³-hybridized carbons (Fsp3) is 0.400. The fourth-order valence-electron chi connectivity index (χ4n) is 1.07. The van der Waals surface area contributed by atoms with Crippen molar-refractivity contribution in [3.8, 4) is 0 Å². The van der Waals surface area contributed by atoms with Crippen LogP contribution in [0.3, 0.4) is 0 Å². The van der Waals surface area contributed by atoms with Crippen molar-refractivity contribution in [2.75, 3.05) is 17.7 Å². The molecule has 15 heavy (non-hydrogen) atoms. The summed E-state index contributed by atoms with van der Waals surface area (Å²) in [5.74, 6) is -0.405. The first-order chi connectivity index (χ1) is 6.95. The molecule has 0 atom stereocenters. The van der Waals surface area contributed by atoms with E-state index in [0.717, 1.165) is 11.4 Å². The third-order valence-corrected chi connectivity index (χ3v) is 2.10. The highest BCUT2D eigenvalue weighted by Gasteiger charge is 2.24. The summed E-state index contributed by atoms with van der Waals surface area (Å²) in [6, 6.07) is 1.86. The number of hydrogen-bond donors (Lipinski definition) is 3. The molecule has 0 saturated heterocycles. The number of hydrogen-bond acceptors (Lipinski definition) is 4. The Morgan fingerprint density at radius 1 is 1.40 bits per heavy atom. The SMILES string of the molecule is CNc1cncc(NC(C)(C)C(N)=O)c1. The summed E-state index contributed by atoms with van der Waals surface area (Å²) in [6.07, 6.45) is 3.34. The molecule has 1 amide bonds. The van der Waals surface area contributed by atoms with Gasteiger partial charge in [0.2, 0.25) is 5.91 Å². The van der Waals surface area contributed by atoms with E-state index in [-0.39, 0.29) is 0 Å². The summed E-state index contributed by atoms with van der Waals surface area (Å²) < 4.78 is 0. The number of anilines is 2. The smallest absolute Gasteiger partial charge is 0.242 e. The van der Waals surface area contributed by atoms with E-state index in [1.165, 1.54) is 0 Å². The van der Waals surface area contributed by atoms with Crippen LogP contribution < -0.4 is 16.4 Å². The minimum atomic E-state index is -0.784. The molecule has 0 saturated carbocycles. The number of nitrogens with two attached hydrogens (primary N) is 1. The zero-order valence-electron chi connectivity index (χ0n) is 9.16. The molecular weight excluding hydrogens is 192 g/mol. The molecule has 0 fully saturated rings. The summed E-state index contributed by atoms with van der Waals surface area (Å²) in [5, 5.41) is 5.98. The second kappa shape index (κ2) is 4.16. The Morgan fingerprint density at radius 3 is 2.53 bits per heavy atom. The molecule has 0 aliphatic rings. The number of nitrogens with one attached hydrogen (secondary N) is 2. The minimum Gasteiger partial charge on any atom is -0.387 e. The van der Waals surface area contributed by atoms with Gasteiger partial charge in [-0.15, -0.1) is 0 Å². The highest BCUT2D eigenvalue weighted by atomic mass is 16.1. The molecule has 0 spiro atoms. The topological polar surface area (TPSA) is 80.0 Å². The van der Waals surface area contributed by atoms with Crippen molar-refractivity contribution in [1.82, 2.24) is 4.98 Å². The van der Waals surface area contributed by atoms with Crippen LogP contribution in [0, 0.1) is 0 Å². The molecule has 1 heterocycles. The van der Waals surface area contributed by atoms with Crippen LogP contribution in [0.1, 0.15) is 13.8 Å². The van der Waals surface area contributed by atoms with Gasteiger partial charge in [0.15, 0.2) is 0 Å². The fourth-order valence-corrected chi connectivity index (χ4v) is 1.07. The second-order valence-electron chi connectivity index (χ2n) is 3.83. The van der Waals surface area contributed by atoms with Crippen LogP contribution >= 0.6 is 0 Å². The van der Waals surface area contributed by atoms with E-state index in [0.29, 0.717) is 0 Å². The number of pyridine rings is 1. The van der Waals surface area contributed by atoms with Crippen molar-refractivity contribution in [2.24, 2.45) is 5.73 Å². The Balaban J connectivity index is 2.85. The zero-order chi connectivity index (χ0) is 11.5. The van der Waals surface area contributed by atoms with E-state index in [1.54, 1.807) is 33.3 Å². The van der Waals surface area contributed by atoms with Gasteiger partial charge in [-0.1, -0.05) is 0 Å². The van der Waals surface area contributed by atoms with Gasteiger partial charge in [0, 0.05) is 7.05 Å². The largest absolute Gasteiger partial charge is 0.387 e. The lowest BCUT2D eigenvalue weighted by Gasteiger charge is -2.23. The summed E-state index contributed by atoms with van der Waals surface area (Å²) in [7, 11) is 1.81. The van der Waals surface area contributed by atoms with Crippen LogP contribution in [-0.2, 0) is 4.79 Å². The van der Waals surface area contributed by atoms with Gasteiger partial charge in [-0.2, -0.15) is 0 Å². The molecule has 0 radical (unpaired) electrons. The predicted molar refractivity (Wildman–Crippen MR) is 60.7 cm³/mol. The van der Waals surface area contributed by atoms with Gasteiger partial charge >= 0.3 is 0 Å². The van der Waals surface area contributed by atoms with E-state index >= 15 is 0 Å². The molecule has 0 aromatic carbocycles. The maximum absolute atomic E-state index is 11.1. The molecule has 5 nitrogen and oxygen atoms in total. The van der Waals surface area contributed by atoms with E-state index in [2.05, 4.69) is 15.6 Å². The lowest BCUT2D eigenvalue weighted by molar-refractivity contribution is -0.121. The Labute approximate surface area is 89.1 Å². The number of nitrogens with zero attached hydrogens (tertiary/aromatic N) is 1. The van der Waals surface area contributed by atoms with Crippen molar-refractivity contribution < 1.29 is 4.79 Å². The first-order valence-corrected chi connectivity index (χ1v) is 4.66. The molecule has 0 aliphatic heterocycles. The number of carbonyl (C=O) groups excluding carboxylic acids is 1. The number of amides is 1. The molecule has 0 aliphatic carbocycles. The van der Waals surface area contributed by atoms with Gasteiger partial charge in [-0.3, -0.25) is 9.78 Å². The quantitative estimate of drug-likeness (QED) is 0.683. The Kier molecular flexibility index (Phi) is 3.14. The number of aromatic nitrogens is 1. The van der Waals surface area contributed by atoms with Crippen molar-refractivity contribution >= 4 is 17.3 Å². The van der Waals surface area contributed by atoms with Crippen molar-refractivity contribution in [3.63, 3.8) is 0 Å². The van der Waals surface area contributed by atoms with E-state index < -0.39 is 11.4 Å². The summed E-state index contributed by atoms with van der Waals surface area (Å²) >= 11 is 0. The Hall–Kier alpha value is -1.78. The maximum Gasteiger partial charge on any atom is 0.242 e. The van der Waals surface area contributed by atoms with Gasteiger partial charge in [0.1, 0.15) is 5.54 Å². The van der Waals surface area contributed by atoms with Crippen LogP contribution in [0.4, 0.5) is 11.4 Å². The minimum absolute atomic E-state index is 0.405. The van der Waals surface area contributed by atoms with Gasteiger partial charge in [-0.05, 0) is 19.9 Å². The number of rotatable bonds is 4. The molecular formula is C10H16N4O. The zero-order valence-corrected chi connectivity index (χ0v) is 9.16. The monoisotopic (exact) mass is 208 g/mol. The third kappa shape index (κ3) is 2.83. The summed E-state index contributed by atoms with van der Waals surface area (Å²) in [5.41, 5.74) is 6.10. The Bertz CT molecular complexity index is 362. The number of primary amides is 1. The van der Waals surface area contributed by atoms with Crippen molar-refractivity contribution in [3.05, 3.63) is 18.5 Å². The number of carbonyl (C=O) groups is 1.